The second kappa shape index (κ2) is 7.50. The molecule has 1 aromatic rings. The van der Waals surface area contributed by atoms with Crippen LogP contribution in [0.15, 0.2) is 18.3 Å². The molecule has 1 fully saturated rings. The third-order valence-corrected chi connectivity index (χ3v) is 4.34. The van der Waals surface area contributed by atoms with Crippen LogP contribution in [0.1, 0.15) is 23.7 Å². The second-order valence-electron chi connectivity index (χ2n) is 4.57. The fourth-order valence-electron chi connectivity index (χ4n) is 2.11. The topological polar surface area (TPSA) is 62.7 Å². The molecule has 1 amide bonds. The number of rotatable bonds is 6. The van der Waals surface area contributed by atoms with Crippen LogP contribution >= 0.6 is 11.8 Å². The predicted molar refractivity (Wildman–Crippen MR) is 79.3 cm³/mol. The molecule has 1 aliphatic rings. The minimum atomic E-state index is -0.143. The van der Waals surface area contributed by atoms with Crippen molar-refractivity contribution in [2.75, 3.05) is 31.2 Å². The molecular weight excluding hydrogens is 276 g/mol. The second-order valence-corrected chi connectivity index (χ2v) is 5.72. The molecule has 0 bridgehead atoms. The first-order chi connectivity index (χ1) is 9.76. The lowest BCUT2D eigenvalue weighted by molar-refractivity contribution is 0.0724. The summed E-state index contributed by atoms with van der Waals surface area (Å²) in [5.41, 5.74) is 0.472. The van der Waals surface area contributed by atoms with Crippen LogP contribution in [-0.2, 0) is 0 Å². The van der Waals surface area contributed by atoms with Gasteiger partial charge in [-0.05, 0) is 31.2 Å². The maximum absolute atomic E-state index is 12.5. The normalized spacial score (nSPS) is 18.0. The highest BCUT2D eigenvalue weighted by molar-refractivity contribution is 7.99. The van der Waals surface area contributed by atoms with E-state index in [0.717, 1.165) is 17.9 Å². The van der Waals surface area contributed by atoms with Gasteiger partial charge in [0.25, 0.3) is 5.91 Å². The molecule has 20 heavy (non-hydrogen) atoms. The molecule has 6 heteroatoms. The summed E-state index contributed by atoms with van der Waals surface area (Å²) in [6.45, 7) is 2.71. The molecule has 1 unspecified atom stereocenters. The predicted octanol–water partition coefficient (Wildman–Crippen LogP) is 1.42. The van der Waals surface area contributed by atoms with Crippen molar-refractivity contribution in [1.82, 2.24) is 9.88 Å². The van der Waals surface area contributed by atoms with Crippen molar-refractivity contribution in [3.05, 3.63) is 23.9 Å². The third-order valence-electron chi connectivity index (χ3n) is 3.21. The van der Waals surface area contributed by atoms with Crippen molar-refractivity contribution >= 4 is 17.7 Å². The zero-order chi connectivity index (χ0) is 14.4. The number of pyridine rings is 1. The molecule has 1 aromatic heterocycles. The first-order valence-electron chi connectivity index (χ1n) is 6.85. The number of likely N-dealkylation sites (N-methyl/N-ethyl adjacent to an activating group) is 1. The van der Waals surface area contributed by atoms with E-state index in [0.29, 0.717) is 24.5 Å². The van der Waals surface area contributed by atoms with E-state index in [1.807, 2.05) is 18.7 Å². The molecule has 0 saturated carbocycles. The van der Waals surface area contributed by atoms with Gasteiger partial charge < -0.3 is 14.7 Å². The van der Waals surface area contributed by atoms with Gasteiger partial charge in [0.05, 0.1) is 6.61 Å². The average molecular weight is 296 g/mol. The Hall–Kier alpha value is -1.27. The molecule has 1 N–H and O–H groups in total. The van der Waals surface area contributed by atoms with E-state index >= 15 is 0 Å². The van der Waals surface area contributed by atoms with Crippen molar-refractivity contribution < 1.29 is 14.6 Å². The summed E-state index contributed by atoms with van der Waals surface area (Å²) in [6, 6.07) is 3.46. The fraction of sp³-hybridized carbons (Fsp3) is 0.571. The number of ether oxygens (including phenoxy) is 1. The Balaban J connectivity index is 2.15. The highest BCUT2D eigenvalue weighted by atomic mass is 32.2. The Kier molecular flexibility index (Phi) is 5.67. The van der Waals surface area contributed by atoms with E-state index in [9.17, 15) is 4.79 Å². The molecule has 0 radical (unpaired) electrons. The van der Waals surface area contributed by atoms with Gasteiger partial charge in [0.1, 0.15) is 11.7 Å². The van der Waals surface area contributed by atoms with Crippen molar-refractivity contribution in [2.45, 2.75) is 19.4 Å². The number of hydrogen-bond acceptors (Lipinski definition) is 5. The molecule has 1 saturated heterocycles. The highest BCUT2D eigenvalue weighted by Crippen LogP contribution is 2.24. The summed E-state index contributed by atoms with van der Waals surface area (Å²) in [7, 11) is 0. The van der Waals surface area contributed by atoms with Crippen LogP contribution in [0.2, 0.25) is 0 Å². The monoisotopic (exact) mass is 296 g/mol. The molecule has 110 valence electrons. The number of thioether (sulfide) groups is 1. The standard InChI is InChI=1S/C14H20N2O3S/c1-2-16(7-8-17)14(18)12-4-3-6-15-13(12)19-11-5-9-20-10-11/h3-4,6,11,17H,2,5,7-10H2,1H3. The first kappa shape index (κ1) is 15.1. The zero-order valence-corrected chi connectivity index (χ0v) is 12.4. The van der Waals surface area contributed by atoms with Crippen LogP contribution in [-0.4, -0.2) is 58.2 Å². The number of carbonyl (C=O) groups excluding carboxylic acids is 1. The lowest BCUT2D eigenvalue weighted by Gasteiger charge is -2.21. The number of hydrogen-bond donors (Lipinski definition) is 1. The number of aromatic nitrogens is 1. The van der Waals surface area contributed by atoms with E-state index in [4.69, 9.17) is 9.84 Å². The van der Waals surface area contributed by atoms with Gasteiger partial charge in [-0.1, -0.05) is 0 Å². The number of aliphatic hydroxyl groups is 1. The van der Waals surface area contributed by atoms with Crippen LogP contribution in [0.25, 0.3) is 0 Å². The molecule has 1 aliphatic heterocycles. The number of carbonyl (C=O) groups is 1. The van der Waals surface area contributed by atoms with Gasteiger partial charge in [-0.25, -0.2) is 4.98 Å². The van der Waals surface area contributed by atoms with Gasteiger partial charge in [-0.2, -0.15) is 11.8 Å². The van der Waals surface area contributed by atoms with Gasteiger partial charge in [-0.3, -0.25) is 4.79 Å². The van der Waals surface area contributed by atoms with E-state index in [1.165, 1.54) is 0 Å². The third kappa shape index (κ3) is 3.64. The first-order valence-corrected chi connectivity index (χ1v) is 8.01. The number of amides is 1. The van der Waals surface area contributed by atoms with Gasteiger partial charge in [0.15, 0.2) is 0 Å². The van der Waals surface area contributed by atoms with E-state index in [2.05, 4.69) is 4.98 Å². The van der Waals surface area contributed by atoms with Crippen LogP contribution < -0.4 is 4.74 Å². The van der Waals surface area contributed by atoms with E-state index in [1.54, 1.807) is 23.2 Å². The summed E-state index contributed by atoms with van der Waals surface area (Å²) in [5.74, 6) is 2.29. The largest absolute Gasteiger partial charge is 0.473 e. The van der Waals surface area contributed by atoms with Gasteiger partial charge >= 0.3 is 0 Å². The van der Waals surface area contributed by atoms with Gasteiger partial charge in [0.2, 0.25) is 5.88 Å². The summed E-state index contributed by atoms with van der Waals surface area (Å²) in [5, 5.41) is 9.02. The van der Waals surface area contributed by atoms with Gasteiger partial charge in [-0.15, -0.1) is 0 Å². The summed E-state index contributed by atoms with van der Waals surface area (Å²) in [4.78, 5) is 18.2. The molecule has 2 rings (SSSR count). The summed E-state index contributed by atoms with van der Waals surface area (Å²) >= 11 is 1.85. The lowest BCUT2D eigenvalue weighted by atomic mass is 10.2. The maximum Gasteiger partial charge on any atom is 0.259 e. The molecule has 0 aromatic carbocycles. The van der Waals surface area contributed by atoms with Crippen LogP contribution in [0.5, 0.6) is 5.88 Å². The molecule has 0 aliphatic carbocycles. The lowest BCUT2D eigenvalue weighted by Crippen LogP contribution is -2.34. The van der Waals surface area contributed by atoms with Crippen LogP contribution in [0.3, 0.4) is 0 Å². The minimum Gasteiger partial charge on any atom is -0.473 e. The van der Waals surface area contributed by atoms with Crippen LogP contribution in [0.4, 0.5) is 0 Å². The van der Waals surface area contributed by atoms with E-state index in [-0.39, 0.29) is 18.6 Å². The molecular formula is C14H20N2O3S. The van der Waals surface area contributed by atoms with E-state index < -0.39 is 0 Å². The Morgan fingerprint density at radius 1 is 1.65 bits per heavy atom. The number of nitrogens with zero attached hydrogens (tertiary/aromatic N) is 2. The van der Waals surface area contributed by atoms with Crippen molar-refractivity contribution in [2.24, 2.45) is 0 Å². The SMILES string of the molecule is CCN(CCO)C(=O)c1cccnc1OC1CCSC1. The smallest absolute Gasteiger partial charge is 0.259 e. The fourth-order valence-corrected chi connectivity index (χ4v) is 3.20. The number of aliphatic hydroxyl groups excluding tert-OH is 1. The average Bonchev–Trinajstić information content (AvgIpc) is 2.97. The molecule has 0 spiro atoms. The summed E-state index contributed by atoms with van der Waals surface area (Å²) in [6.07, 6.45) is 2.76. The zero-order valence-electron chi connectivity index (χ0n) is 11.6. The van der Waals surface area contributed by atoms with Crippen LogP contribution in [0, 0.1) is 0 Å². The van der Waals surface area contributed by atoms with Crippen molar-refractivity contribution in [3.63, 3.8) is 0 Å². The Labute approximate surface area is 123 Å². The van der Waals surface area contributed by atoms with Gasteiger partial charge in [0, 0.05) is 25.0 Å². The Morgan fingerprint density at radius 2 is 2.50 bits per heavy atom. The molecule has 5 nitrogen and oxygen atoms in total. The molecule has 2 heterocycles. The highest BCUT2D eigenvalue weighted by Gasteiger charge is 2.23. The maximum atomic E-state index is 12.5. The summed E-state index contributed by atoms with van der Waals surface area (Å²) < 4.78 is 5.86. The van der Waals surface area contributed by atoms with Crippen molar-refractivity contribution in [3.8, 4) is 5.88 Å². The Bertz CT molecular complexity index is 450. The van der Waals surface area contributed by atoms with Crippen molar-refractivity contribution in [1.29, 1.82) is 0 Å². The quantitative estimate of drug-likeness (QED) is 0.860. The molecule has 1 atom stereocenters. The minimum absolute atomic E-state index is 0.0463. The Morgan fingerprint density at radius 3 is 3.15 bits per heavy atom.